The Kier molecular flexibility index (Phi) is 4.50. The number of aryl methyl sites for hydroxylation is 3. The van der Waals surface area contributed by atoms with Crippen molar-refractivity contribution in [2.75, 3.05) is 20.2 Å². The van der Waals surface area contributed by atoms with Crippen molar-refractivity contribution < 1.29 is 9.53 Å². The zero-order valence-corrected chi connectivity index (χ0v) is 14.8. The number of imidazole rings is 1. The number of rotatable bonds is 5. The van der Waals surface area contributed by atoms with Crippen molar-refractivity contribution >= 4 is 17.2 Å². The molecule has 0 bridgehead atoms. The third kappa shape index (κ3) is 3.16. The van der Waals surface area contributed by atoms with Gasteiger partial charge in [-0.3, -0.25) is 4.79 Å². The van der Waals surface area contributed by atoms with Crippen molar-refractivity contribution in [3.8, 4) is 0 Å². The summed E-state index contributed by atoms with van der Waals surface area (Å²) >= 11 is 1.48. The van der Waals surface area contributed by atoms with Crippen LogP contribution >= 0.6 is 11.3 Å². The standard InChI is InChI=1S/C16H22N4O2S/c1-10-5-17-14(9-22-4)20(10)8-13-6-19(7-13)16(21)15-11(2)18-12(3)23-15/h5,13H,6-9H2,1-4H3. The van der Waals surface area contributed by atoms with Gasteiger partial charge in [-0.1, -0.05) is 0 Å². The average Bonchev–Trinajstić information content (AvgIpc) is 2.97. The van der Waals surface area contributed by atoms with Gasteiger partial charge in [-0.2, -0.15) is 0 Å². The van der Waals surface area contributed by atoms with Crippen LogP contribution in [0.15, 0.2) is 6.20 Å². The van der Waals surface area contributed by atoms with E-state index in [0.29, 0.717) is 12.5 Å². The third-order valence-corrected chi connectivity index (χ3v) is 5.25. The molecular weight excluding hydrogens is 312 g/mol. The summed E-state index contributed by atoms with van der Waals surface area (Å²) in [7, 11) is 1.68. The van der Waals surface area contributed by atoms with E-state index < -0.39 is 0 Å². The van der Waals surface area contributed by atoms with Crippen molar-refractivity contribution in [2.45, 2.75) is 33.9 Å². The van der Waals surface area contributed by atoms with E-state index in [1.807, 2.05) is 24.9 Å². The second-order valence-corrected chi connectivity index (χ2v) is 7.29. The van der Waals surface area contributed by atoms with Gasteiger partial charge in [0.15, 0.2) is 0 Å². The number of carbonyl (C=O) groups excluding carboxylic acids is 1. The maximum Gasteiger partial charge on any atom is 0.265 e. The molecule has 2 aromatic heterocycles. The minimum Gasteiger partial charge on any atom is -0.377 e. The van der Waals surface area contributed by atoms with Crippen molar-refractivity contribution in [3.05, 3.63) is 33.3 Å². The minimum atomic E-state index is 0.115. The van der Waals surface area contributed by atoms with Crippen LogP contribution in [0.1, 0.15) is 31.9 Å². The van der Waals surface area contributed by atoms with Gasteiger partial charge in [0.2, 0.25) is 0 Å². The first kappa shape index (κ1) is 16.1. The molecule has 0 spiro atoms. The summed E-state index contributed by atoms with van der Waals surface area (Å²) in [5, 5.41) is 0.946. The maximum absolute atomic E-state index is 12.5. The van der Waals surface area contributed by atoms with E-state index in [9.17, 15) is 4.79 Å². The van der Waals surface area contributed by atoms with Gasteiger partial charge in [0.05, 0.1) is 10.7 Å². The maximum atomic E-state index is 12.5. The zero-order chi connectivity index (χ0) is 16.6. The number of hydrogen-bond acceptors (Lipinski definition) is 5. The number of likely N-dealkylation sites (tertiary alicyclic amines) is 1. The van der Waals surface area contributed by atoms with Crippen LogP contribution in [0.5, 0.6) is 0 Å². The molecule has 1 saturated heterocycles. The number of ether oxygens (including phenoxy) is 1. The van der Waals surface area contributed by atoms with Crippen LogP contribution in [-0.4, -0.2) is 45.5 Å². The lowest BCUT2D eigenvalue weighted by Gasteiger charge is -2.39. The molecule has 0 N–H and O–H groups in total. The van der Waals surface area contributed by atoms with E-state index in [0.717, 1.165) is 46.7 Å². The van der Waals surface area contributed by atoms with Gasteiger partial charge in [-0.05, 0) is 20.8 Å². The molecule has 3 rings (SSSR count). The van der Waals surface area contributed by atoms with Gasteiger partial charge in [-0.25, -0.2) is 9.97 Å². The normalized spacial score (nSPS) is 15.0. The predicted molar refractivity (Wildman–Crippen MR) is 88.7 cm³/mol. The first-order valence-corrected chi connectivity index (χ1v) is 8.54. The van der Waals surface area contributed by atoms with Crippen LogP contribution in [0.4, 0.5) is 0 Å². The molecule has 0 saturated carbocycles. The summed E-state index contributed by atoms with van der Waals surface area (Å²) in [5.74, 6) is 1.53. The molecule has 1 fully saturated rings. The molecule has 124 valence electrons. The van der Waals surface area contributed by atoms with Crippen LogP contribution < -0.4 is 0 Å². The van der Waals surface area contributed by atoms with Crippen molar-refractivity contribution in [3.63, 3.8) is 0 Å². The number of hydrogen-bond donors (Lipinski definition) is 0. The molecule has 0 unspecified atom stereocenters. The quantitative estimate of drug-likeness (QED) is 0.841. The van der Waals surface area contributed by atoms with Crippen molar-refractivity contribution in [1.29, 1.82) is 0 Å². The molecule has 0 radical (unpaired) electrons. The van der Waals surface area contributed by atoms with Crippen molar-refractivity contribution in [2.24, 2.45) is 5.92 Å². The molecule has 2 aromatic rings. The lowest BCUT2D eigenvalue weighted by molar-refractivity contribution is 0.0466. The SMILES string of the molecule is COCc1ncc(C)n1CC1CN(C(=O)c2sc(C)nc2C)C1. The first-order valence-electron chi connectivity index (χ1n) is 7.72. The molecule has 6 nitrogen and oxygen atoms in total. The lowest BCUT2D eigenvalue weighted by atomic mass is 9.99. The fourth-order valence-electron chi connectivity index (χ4n) is 2.99. The molecular formula is C16H22N4O2S. The van der Waals surface area contributed by atoms with Crippen molar-refractivity contribution in [1.82, 2.24) is 19.4 Å². The van der Waals surface area contributed by atoms with Gasteiger partial charge in [-0.15, -0.1) is 11.3 Å². The highest BCUT2D eigenvalue weighted by atomic mass is 32.1. The van der Waals surface area contributed by atoms with E-state index in [1.54, 1.807) is 7.11 Å². The third-order valence-electron chi connectivity index (χ3n) is 4.19. The number of amides is 1. The monoisotopic (exact) mass is 334 g/mol. The Balaban J connectivity index is 1.60. The Morgan fingerprint density at radius 2 is 2.13 bits per heavy atom. The molecule has 7 heteroatoms. The van der Waals surface area contributed by atoms with Gasteiger partial charge < -0.3 is 14.2 Å². The van der Waals surface area contributed by atoms with Gasteiger partial charge in [0.25, 0.3) is 5.91 Å². The highest BCUT2D eigenvalue weighted by Crippen LogP contribution is 2.25. The Bertz CT molecular complexity index is 716. The Labute approximate surface area is 140 Å². The van der Waals surface area contributed by atoms with Crippen LogP contribution in [0.2, 0.25) is 0 Å². The zero-order valence-electron chi connectivity index (χ0n) is 14.0. The van der Waals surface area contributed by atoms with Crippen LogP contribution in [0.3, 0.4) is 0 Å². The number of methoxy groups -OCH3 is 1. The number of carbonyl (C=O) groups is 1. The molecule has 0 aromatic carbocycles. The highest BCUT2D eigenvalue weighted by molar-refractivity contribution is 7.13. The Hall–Kier alpha value is -1.73. The summed E-state index contributed by atoms with van der Waals surface area (Å²) in [6, 6.07) is 0. The number of thiazole rings is 1. The van der Waals surface area contributed by atoms with E-state index in [2.05, 4.69) is 21.5 Å². The lowest BCUT2D eigenvalue weighted by Crippen LogP contribution is -2.51. The fourth-order valence-corrected chi connectivity index (χ4v) is 3.87. The topological polar surface area (TPSA) is 60.2 Å². The molecule has 23 heavy (non-hydrogen) atoms. The summed E-state index contributed by atoms with van der Waals surface area (Å²) in [6.45, 7) is 8.87. The second kappa shape index (κ2) is 6.41. The van der Waals surface area contributed by atoms with Gasteiger partial charge >= 0.3 is 0 Å². The Morgan fingerprint density at radius 1 is 1.39 bits per heavy atom. The molecule has 0 aliphatic carbocycles. The first-order chi connectivity index (χ1) is 11.0. The molecule has 1 aliphatic heterocycles. The van der Waals surface area contributed by atoms with Gasteiger partial charge in [0.1, 0.15) is 17.3 Å². The molecule has 1 amide bonds. The summed E-state index contributed by atoms with van der Waals surface area (Å²) in [4.78, 5) is 23.9. The summed E-state index contributed by atoms with van der Waals surface area (Å²) in [6.07, 6.45) is 1.87. The average molecular weight is 334 g/mol. The van der Waals surface area contributed by atoms with Gasteiger partial charge in [0, 0.05) is 44.6 Å². The number of nitrogens with zero attached hydrogens (tertiary/aromatic N) is 4. The van der Waals surface area contributed by atoms with E-state index in [-0.39, 0.29) is 5.91 Å². The summed E-state index contributed by atoms with van der Waals surface area (Å²) < 4.78 is 7.39. The smallest absolute Gasteiger partial charge is 0.265 e. The van der Waals surface area contributed by atoms with E-state index in [4.69, 9.17) is 4.74 Å². The van der Waals surface area contributed by atoms with E-state index >= 15 is 0 Å². The number of aromatic nitrogens is 3. The predicted octanol–water partition coefficient (Wildman–Crippen LogP) is 2.18. The molecule has 0 atom stereocenters. The molecule has 1 aliphatic rings. The fraction of sp³-hybridized carbons (Fsp3) is 0.562. The van der Waals surface area contributed by atoms with Crippen LogP contribution in [-0.2, 0) is 17.9 Å². The van der Waals surface area contributed by atoms with E-state index in [1.165, 1.54) is 11.3 Å². The molecule has 3 heterocycles. The largest absolute Gasteiger partial charge is 0.377 e. The van der Waals surface area contributed by atoms with Crippen LogP contribution in [0, 0.1) is 26.7 Å². The minimum absolute atomic E-state index is 0.115. The highest BCUT2D eigenvalue weighted by Gasteiger charge is 2.33. The second-order valence-electron chi connectivity index (χ2n) is 6.08. The Morgan fingerprint density at radius 3 is 2.74 bits per heavy atom. The van der Waals surface area contributed by atoms with Crippen LogP contribution in [0.25, 0.3) is 0 Å². The summed E-state index contributed by atoms with van der Waals surface area (Å²) in [5.41, 5.74) is 1.98.